The lowest BCUT2D eigenvalue weighted by atomic mass is 9.82. The zero-order chi connectivity index (χ0) is 17.3. The van der Waals surface area contributed by atoms with Gasteiger partial charge in [-0.25, -0.2) is 0 Å². The molecule has 25 heavy (non-hydrogen) atoms. The number of hydrogen-bond donors (Lipinski definition) is 3. The van der Waals surface area contributed by atoms with Crippen molar-refractivity contribution in [2.75, 3.05) is 36.5 Å². The molecule has 4 N–H and O–H groups in total. The highest BCUT2D eigenvalue weighted by Gasteiger charge is 2.44. The Labute approximate surface area is 145 Å². The molecule has 2 heterocycles. The second-order valence-corrected chi connectivity index (χ2v) is 7.16. The van der Waals surface area contributed by atoms with Gasteiger partial charge in [0.1, 0.15) is 5.66 Å². The highest BCUT2D eigenvalue weighted by molar-refractivity contribution is 6.32. The summed E-state index contributed by atoms with van der Waals surface area (Å²) in [6, 6.07) is 8.67. The van der Waals surface area contributed by atoms with Crippen LogP contribution in [0.25, 0.3) is 0 Å². The molecule has 1 atom stereocenters. The molecule has 1 aliphatic carbocycles. The summed E-state index contributed by atoms with van der Waals surface area (Å²) in [5.74, 6) is -0.330. The molecule has 0 radical (unpaired) electrons. The van der Waals surface area contributed by atoms with E-state index in [2.05, 4.69) is 22.6 Å². The molecule has 0 amide bonds. The van der Waals surface area contributed by atoms with Crippen LogP contribution in [0.3, 0.4) is 0 Å². The minimum atomic E-state index is -0.280. The summed E-state index contributed by atoms with van der Waals surface area (Å²) in [5, 5.41) is 7.02. The Morgan fingerprint density at radius 3 is 2.60 bits per heavy atom. The quantitative estimate of drug-likeness (QED) is 0.545. The first-order chi connectivity index (χ1) is 12.0. The van der Waals surface area contributed by atoms with Crippen LogP contribution in [-0.2, 0) is 0 Å². The van der Waals surface area contributed by atoms with Crippen molar-refractivity contribution in [1.29, 1.82) is 0 Å². The third-order valence-electron chi connectivity index (χ3n) is 5.44. The molecular weight excluding hydrogens is 316 g/mol. The first kappa shape index (κ1) is 14.5. The topological polar surface area (TPSA) is 87.5 Å². The van der Waals surface area contributed by atoms with Crippen LogP contribution in [0.2, 0.25) is 0 Å². The Morgan fingerprint density at radius 2 is 1.84 bits per heavy atom. The highest BCUT2D eigenvalue weighted by atomic mass is 16.1. The van der Waals surface area contributed by atoms with Crippen molar-refractivity contribution in [2.45, 2.75) is 12.1 Å². The van der Waals surface area contributed by atoms with Gasteiger partial charge in [-0.1, -0.05) is 12.1 Å². The summed E-state index contributed by atoms with van der Waals surface area (Å²) in [4.78, 5) is 28.3. The first-order valence-corrected chi connectivity index (χ1v) is 8.39. The number of anilines is 3. The summed E-state index contributed by atoms with van der Waals surface area (Å²) in [6.45, 7) is 1.80. The normalized spacial score (nSPS) is 23.9. The summed E-state index contributed by atoms with van der Waals surface area (Å²) in [5.41, 5.74) is 9.26. The minimum absolute atomic E-state index is 0.147. The van der Waals surface area contributed by atoms with E-state index in [1.165, 1.54) is 0 Å². The van der Waals surface area contributed by atoms with Gasteiger partial charge in [0, 0.05) is 36.3 Å². The molecule has 1 saturated heterocycles. The van der Waals surface area contributed by atoms with E-state index < -0.39 is 0 Å². The van der Waals surface area contributed by atoms with Crippen LogP contribution in [0.1, 0.15) is 38.3 Å². The zero-order valence-corrected chi connectivity index (χ0v) is 13.8. The number of hydrogen-bond acceptors (Lipinski definition) is 6. The van der Waals surface area contributed by atoms with Gasteiger partial charge in [-0.15, -0.1) is 0 Å². The number of carbonyl (C=O) groups is 2. The van der Waals surface area contributed by atoms with E-state index in [0.29, 0.717) is 27.9 Å². The molecule has 1 fully saturated rings. The van der Waals surface area contributed by atoms with Crippen molar-refractivity contribution in [3.8, 4) is 0 Å². The Hall–Kier alpha value is -2.86. The maximum absolute atomic E-state index is 13.2. The van der Waals surface area contributed by atoms with Crippen LogP contribution < -0.4 is 16.4 Å². The molecule has 6 heteroatoms. The molecule has 0 bridgehead atoms. The van der Waals surface area contributed by atoms with Crippen molar-refractivity contribution < 1.29 is 9.59 Å². The number of benzene rings is 2. The summed E-state index contributed by atoms with van der Waals surface area (Å²) in [7, 11) is 2.07. The lowest BCUT2D eigenvalue weighted by molar-refractivity contribution is 0.0980. The van der Waals surface area contributed by atoms with Crippen molar-refractivity contribution >= 4 is 28.6 Å². The number of nitrogens with two attached hydrogens (primary N) is 1. The predicted octanol–water partition coefficient (Wildman–Crippen LogP) is 1.91. The van der Waals surface area contributed by atoms with Crippen molar-refractivity contribution in [1.82, 2.24) is 4.90 Å². The van der Waals surface area contributed by atoms with Crippen LogP contribution in [-0.4, -0.2) is 42.3 Å². The van der Waals surface area contributed by atoms with Crippen molar-refractivity contribution in [3.05, 3.63) is 52.6 Å². The average molecular weight is 334 g/mol. The lowest BCUT2D eigenvalue weighted by Gasteiger charge is -2.26. The molecule has 5 rings (SSSR count). The molecule has 126 valence electrons. The molecule has 0 saturated carbocycles. The van der Waals surface area contributed by atoms with Gasteiger partial charge >= 0.3 is 0 Å². The van der Waals surface area contributed by atoms with Crippen LogP contribution in [0.5, 0.6) is 0 Å². The van der Waals surface area contributed by atoms with E-state index in [4.69, 9.17) is 5.73 Å². The molecule has 1 spiro atoms. The van der Waals surface area contributed by atoms with Gasteiger partial charge in [0.25, 0.3) is 0 Å². The van der Waals surface area contributed by atoms with Gasteiger partial charge in [-0.3, -0.25) is 9.59 Å². The number of likely N-dealkylation sites (N-methyl/N-ethyl adjacent to an activating group) is 1. The Balaban J connectivity index is 1.69. The van der Waals surface area contributed by atoms with Crippen LogP contribution in [0.4, 0.5) is 17.1 Å². The van der Waals surface area contributed by atoms with Gasteiger partial charge in [-0.05, 0) is 25.2 Å². The third-order valence-corrected chi connectivity index (χ3v) is 5.44. The fraction of sp³-hybridized carbons (Fsp3) is 0.263. The SMILES string of the molecule is CN1CCC2(C1)Nc1ccc3c(c1N2)C(=O)c1c(N)cccc1C3=O. The van der Waals surface area contributed by atoms with Crippen LogP contribution in [0, 0.1) is 0 Å². The number of carbonyl (C=O) groups excluding carboxylic acids is 2. The second kappa shape index (κ2) is 4.61. The average Bonchev–Trinajstić information content (AvgIpc) is 3.13. The van der Waals surface area contributed by atoms with E-state index in [1.807, 2.05) is 6.07 Å². The fourth-order valence-electron chi connectivity index (χ4n) is 4.28. The van der Waals surface area contributed by atoms with E-state index >= 15 is 0 Å². The maximum atomic E-state index is 13.2. The molecule has 3 aliphatic rings. The Bertz CT molecular complexity index is 968. The van der Waals surface area contributed by atoms with Crippen molar-refractivity contribution in [3.63, 3.8) is 0 Å². The van der Waals surface area contributed by atoms with E-state index in [1.54, 1.807) is 24.3 Å². The third kappa shape index (κ3) is 1.83. The van der Waals surface area contributed by atoms with Gasteiger partial charge < -0.3 is 21.3 Å². The fourth-order valence-corrected chi connectivity index (χ4v) is 4.28. The van der Waals surface area contributed by atoms with Gasteiger partial charge in [0.2, 0.25) is 0 Å². The number of nitrogens with zero attached hydrogens (tertiary/aromatic N) is 1. The van der Waals surface area contributed by atoms with Crippen LogP contribution in [0.15, 0.2) is 30.3 Å². The molecular formula is C19H18N4O2. The number of nitrogens with one attached hydrogen (secondary N) is 2. The van der Waals surface area contributed by atoms with Gasteiger partial charge in [-0.2, -0.15) is 0 Å². The molecule has 2 aliphatic heterocycles. The minimum Gasteiger partial charge on any atom is -0.398 e. The monoisotopic (exact) mass is 334 g/mol. The highest BCUT2D eigenvalue weighted by Crippen LogP contribution is 2.45. The first-order valence-electron chi connectivity index (χ1n) is 8.39. The predicted molar refractivity (Wildman–Crippen MR) is 96.3 cm³/mol. The number of nitrogen functional groups attached to an aromatic ring is 1. The number of fused-ring (bicyclic) bond motifs is 4. The maximum Gasteiger partial charge on any atom is 0.198 e. The number of rotatable bonds is 0. The Kier molecular flexibility index (Phi) is 2.67. The van der Waals surface area contributed by atoms with E-state index in [0.717, 1.165) is 30.9 Å². The number of likely N-dealkylation sites (tertiary alicyclic amines) is 1. The lowest BCUT2D eigenvalue weighted by Crippen LogP contribution is -2.44. The van der Waals surface area contributed by atoms with Gasteiger partial charge in [0.15, 0.2) is 11.6 Å². The van der Waals surface area contributed by atoms with E-state index in [-0.39, 0.29) is 17.2 Å². The standard InChI is InChI=1S/C19H18N4O2/c1-23-8-7-19(9-23)21-13-6-5-11-15(16(13)22-19)18(25)14-10(17(11)24)3-2-4-12(14)20/h2-6,21-22H,7-9,20H2,1H3. The van der Waals surface area contributed by atoms with Crippen molar-refractivity contribution in [2.24, 2.45) is 0 Å². The Morgan fingerprint density at radius 1 is 1.04 bits per heavy atom. The molecule has 2 aromatic carbocycles. The number of ketones is 2. The molecule has 1 unspecified atom stereocenters. The molecule has 0 aromatic heterocycles. The summed E-state index contributed by atoms with van der Waals surface area (Å²) < 4.78 is 0. The smallest absolute Gasteiger partial charge is 0.198 e. The zero-order valence-electron chi connectivity index (χ0n) is 13.8. The van der Waals surface area contributed by atoms with Crippen LogP contribution >= 0.6 is 0 Å². The van der Waals surface area contributed by atoms with E-state index in [9.17, 15) is 9.59 Å². The second-order valence-electron chi connectivity index (χ2n) is 7.16. The summed E-state index contributed by atoms with van der Waals surface area (Å²) in [6.07, 6.45) is 0.924. The summed E-state index contributed by atoms with van der Waals surface area (Å²) >= 11 is 0. The molecule has 2 aromatic rings. The molecule has 6 nitrogen and oxygen atoms in total. The largest absolute Gasteiger partial charge is 0.398 e. The van der Waals surface area contributed by atoms with Gasteiger partial charge in [0.05, 0.1) is 22.5 Å².